The smallest absolute Gasteiger partial charge is 0.134 e. The van der Waals surface area contributed by atoms with Crippen molar-refractivity contribution in [2.75, 3.05) is 30.3 Å². The number of anilines is 2. The van der Waals surface area contributed by atoms with Gasteiger partial charge in [-0.15, -0.1) is 0 Å². The van der Waals surface area contributed by atoms with E-state index in [4.69, 9.17) is 5.11 Å². The Morgan fingerprint density at radius 1 is 1.22 bits per heavy atom. The second-order valence-corrected chi connectivity index (χ2v) is 4.05. The van der Waals surface area contributed by atoms with Crippen molar-refractivity contribution in [1.82, 2.24) is 9.97 Å². The molecule has 0 aliphatic carbocycles. The second-order valence-electron chi connectivity index (χ2n) is 4.05. The fourth-order valence-electron chi connectivity index (χ4n) is 1.65. The fourth-order valence-corrected chi connectivity index (χ4v) is 1.65. The highest BCUT2D eigenvalue weighted by Crippen LogP contribution is 2.21. The first-order valence-corrected chi connectivity index (χ1v) is 6.33. The first-order valence-electron chi connectivity index (χ1n) is 6.33. The van der Waals surface area contributed by atoms with Crippen molar-refractivity contribution in [2.24, 2.45) is 0 Å². The van der Waals surface area contributed by atoms with E-state index in [9.17, 15) is 5.11 Å². The lowest BCUT2D eigenvalue weighted by molar-refractivity contribution is 0.105. The zero-order valence-electron chi connectivity index (χ0n) is 11.0. The van der Waals surface area contributed by atoms with Crippen molar-refractivity contribution in [2.45, 2.75) is 32.8 Å². The Kier molecular flexibility index (Phi) is 6.38. The highest BCUT2D eigenvalue weighted by molar-refractivity contribution is 5.57. The van der Waals surface area contributed by atoms with Crippen LogP contribution in [0.2, 0.25) is 0 Å². The summed E-state index contributed by atoms with van der Waals surface area (Å²) in [6.45, 7) is 4.92. The molecule has 0 saturated heterocycles. The van der Waals surface area contributed by atoms with E-state index < -0.39 is 6.10 Å². The Morgan fingerprint density at radius 2 is 1.89 bits per heavy atom. The van der Waals surface area contributed by atoms with Gasteiger partial charge >= 0.3 is 0 Å². The maximum absolute atomic E-state index is 9.34. The van der Waals surface area contributed by atoms with E-state index in [1.54, 1.807) is 0 Å². The molecule has 6 nitrogen and oxygen atoms in total. The van der Waals surface area contributed by atoms with E-state index in [1.165, 1.54) is 6.33 Å². The van der Waals surface area contributed by atoms with Gasteiger partial charge in [0, 0.05) is 18.7 Å². The zero-order valence-corrected chi connectivity index (χ0v) is 11.0. The summed E-state index contributed by atoms with van der Waals surface area (Å²) in [6, 6.07) is 0. The van der Waals surface area contributed by atoms with Crippen molar-refractivity contribution in [1.29, 1.82) is 0 Å². The lowest BCUT2D eigenvalue weighted by Gasteiger charge is -2.15. The lowest BCUT2D eigenvalue weighted by Crippen LogP contribution is -2.24. The standard InChI is InChI=1S/C12H22N4O2/c1-3-5-10-11(13-4-2)15-8-16-12(10)14-6-9(18)7-17/h8-9,17-18H,3-7H2,1-2H3,(H2,13,14,15,16). The summed E-state index contributed by atoms with van der Waals surface area (Å²) in [4.78, 5) is 8.41. The monoisotopic (exact) mass is 254 g/mol. The van der Waals surface area contributed by atoms with E-state index in [2.05, 4.69) is 27.5 Å². The van der Waals surface area contributed by atoms with E-state index in [1.807, 2.05) is 6.92 Å². The van der Waals surface area contributed by atoms with Crippen LogP contribution < -0.4 is 10.6 Å². The molecule has 0 radical (unpaired) electrons. The third-order valence-electron chi connectivity index (χ3n) is 2.51. The molecule has 0 saturated carbocycles. The van der Waals surface area contributed by atoms with Crippen molar-refractivity contribution in [3.05, 3.63) is 11.9 Å². The minimum atomic E-state index is -0.781. The van der Waals surface area contributed by atoms with Crippen LogP contribution in [0.15, 0.2) is 6.33 Å². The molecule has 0 fully saturated rings. The van der Waals surface area contributed by atoms with Gasteiger partial charge in [-0.05, 0) is 13.3 Å². The molecule has 0 aliphatic rings. The molecule has 0 aromatic carbocycles. The maximum atomic E-state index is 9.34. The number of aliphatic hydroxyl groups excluding tert-OH is 2. The van der Waals surface area contributed by atoms with Gasteiger partial charge in [0.25, 0.3) is 0 Å². The molecule has 1 aromatic heterocycles. The largest absolute Gasteiger partial charge is 0.394 e. The number of rotatable bonds is 8. The molecule has 18 heavy (non-hydrogen) atoms. The Balaban J connectivity index is 2.84. The minimum Gasteiger partial charge on any atom is -0.394 e. The molecule has 102 valence electrons. The number of hydrogen-bond donors (Lipinski definition) is 4. The Hall–Kier alpha value is -1.40. The van der Waals surface area contributed by atoms with Gasteiger partial charge < -0.3 is 20.8 Å². The third kappa shape index (κ3) is 4.12. The van der Waals surface area contributed by atoms with Crippen LogP contribution in [0.25, 0.3) is 0 Å². The van der Waals surface area contributed by atoms with Crippen molar-refractivity contribution >= 4 is 11.6 Å². The number of hydrogen-bond acceptors (Lipinski definition) is 6. The summed E-state index contributed by atoms with van der Waals surface area (Å²) in [6.07, 6.45) is 2.56. The molecule has 1 atom stereocenters. The highest BCUT2D eigenvalue weighted by Gasteiger charge is 2.11. The molecule has 0 bridgehead atoms. The van der Waals surface area contributed by atoms with Crippen molar-refractivity contribution in [3.8, 4) is 0 Å². The van der Waals surface area contributed by atoms with E-state index >= 15 is 0 Å². The van der Waals surface area contributed by atoms with Crippen LogP contribution in [0.5, 0.6) is 0 Å². The second kappa shape index (κ2) is 7.84. The minimum absolute atomic E-state index is 0.263. The van der Waals surface area contributed by atoms with Crippen LogP contribution in [0, 0.1) is 0 Å². The van der Waals surface area contributed by atoms with Crippen LogP contribution in [0.4, 0.5) is 11.6 Å². The molecule has 4 N–H and O–H groups in total. The average molecular weight is 254 g/mol. The van der Waals surface area contributed by atoms with Crippen LogP contribution in [0.1, 0.15) is 25.8 Å². The summed E-state index contributed by atoms with van der Waals surface area (Å²) in [7, 11) is 0. The van der Waals surface area contributed by atoms with E-state index in [-0.39, 0.29) is 13.2 Å². The van der Waals surface area contributed by atoms with E-state index in [0.29, 0.717) is 0 Å². The molecule has 1 unspecified atom stereocenters. The van der Waals surface area contributed by atoms with Gasteiger partial charge in [0.05, 0.1) is 12.7 Å². The van der Waals surface area contributed by atoms with Crippen LogP contribution in [0.3, 0.4) is 0 Å². The molecule has 0 amide bonds. The van der Waals surface area contributed by atoms with Gasteiger partial charge in [0.1, 0.15) is 18.0 Å². The predicted octanol–water partition coefficient (Wildman–Crippen LogP) is 0.626. The first kappa shape index (κ1) is 14.7. The molecule has 0 aliphatic heterocycles. The van der Waals surface area contributed by atoms with Gasteiger partial charge in [-0.2, -0.15) is 0 Å². The third-order valence-corrected chi connectivity index (χ3v) is 2.51. The van der Waals surface area contributed by atoms with Gasteiger partial charge in [0.15, 0.2) is 0 Å². The summed E-state index contributed by atoms with van der Waals surface area (Å²) >= 11 is 0. The molecule has 1 rings (SSSR count). The molecule has 1 heterocycles. The summed E-state index contributed by atoms with van der Waals surface area (Å²) in [5.41, 5.74) is 1.02. The van der Waals surface area contributed by atoms with Crippen molar-refractivity contribution in [3.63, 3.8) is 0 Å². The van der Waals surface area contributed by atoms with Crippen LogP contribution in [-0.4, -0.2) is 46.0 Å². The number of nitrogens with zero attached hydrogens (tertiary/aromatic N) is 2. The average Bonchev–Trinajstić information content (AvgIpc) is 2.39. The maximum Gasteiger partial charge on any atom is 0.134 e. The summed E-state index contributed by atoms with van der Waals surface area (Å²) in [5.74, 6) is 1.55. The summed E-state index contributed by atoms with van der Waals surface area (Å²) in [5, 5.41) is 24.4. The van der Waals surface area contributed by atoms with Gasteiger partial charge in [-0.25, -0.2) is 9.97 Å². The number of aliphatic hydroxyl groups is 2. The summed E-state index contributed by atoms with van der Waals surface area (Å²) < 4.78 is 0. The Morgan fingerprint density at radius 3 is 2.44 bits per heavy atom. The Labute approximate surface area is 107 Å². The fraction of sp³-hybridized carbons (Fsp3) is 0.667. The molecule has 0 spiro atoms. The zero-order chi connectivity index (χ0) is 13.4. The Bertz CT molecular complexity index is 360. The van der Waals surface area contributed by atoms with Gasteiger partial charge in [0.2, 0.25) is 0 Å². The molecular formula is C12H22N4O2. The van der Waals surface area contributed by atoms with E-state index in [0.717, 1.165) is 36.6 Å². The quantitative estimate of drug-likeness (QED) is 0.544. The highest BCUT2D eigenvalue weighted by atomic mass is 16.3. The first-order chi connectivity index (χ1) is 8.72. The molecule has 1 aromatic rings. The predicted molar refractivity (Wildman–Crippen MR) is 71.8 cm³/mol. The lowest BCUT2D eigenvalue weighted by atomic mass is 10.1. The number of aromatic nitrogens is 2. The van der Waals surface area contributed by atoms with Gasteiger partial charge in [-0.1, -0.05) is 13.3 Å². The normalized spacial score (nSPS) is 12.2. The topological polar surface area (TPSA) is 90.3 Å². The number of nitrogens with one attached hydrogen (secondary N) is 2. The molecule has 6 heteroatoms. The SMILES string of the molecule is CCCc1c(NCC)ncnc1NCC(O)CO. The molecular weight excluding hydrogens is 232 g/mol. The van der Waals surface area contributed by atoms with Crippen LogP contribution in [-0.2, 0) is 6.42 Å². The van der Waals surface area contributed by atoms with Crippen LogP contribution >= 0.6 is 0 Å². The van der Waals surface area contributed by atoms with Crippen molar-refractivity contribution < 1.29 is 10.2 Å². The van der Waals surface area contributed by atoms with Gasteiger partial charge in [-0.3, -0.25) is 0 Å².